The molecule has 2 fully saturated rings. The molecule has 1 aromatic rings. The molecule has 2 amide bonds. The highest BCUT2D eigenvalue weighted by atomic mass is 32.2. The minimum absolute atomic E-state index is 0.00469. The summed E-state index contributed by atoms with van der Waals surface area (Å²) in [7, 11) is 0. The lowest BCUT2D eigenvalue weighted by molar-refractivity contribution is -0.122. The molecule has 3 aliphatic rings. The minimum Gasteiger partial charge on any atom is -0.327 e. The van der Waals surface area contributed by atoms with Gasteiger partial charge in [0.1, 0.15) is 0 Å². The Morgan fingerprint density at radius 2 is 2.00 bits per heavy atom. The molecule has 5 nitrogen and oxygen atoms in total. The second-order valence-corrected chi connectivity index (χ2v) is 8.25. The van der Waals surface area contributed by atoms with E-state index in [2.05, 4.69) is 10.6 Å². The average Bonchev–Trinajstić information content (AvgIpc) is 2.54. The number of nitrogens with one attached hydrogen (secondary N) is 2. The van der Waals surface area contributed by atoms with Crippen LogP contribution in [0.3, 0.4) is 0 Å². The lowest BCUT2D eigenvalue weighted by atomic mass is 9.65. The topological polar surface area (TPSA) is 84.2 Å². The number of nitrogens with two attached hydrogens (primary N) is 1. The molecule has 2 saturated carbocycles. The zero-order valence-electron chi connectivity index (χ0n) is 13.6. The Labute approximate surface area is 146 Å². The number of carbonyl (C=O) groups excluding carboxylic acids is 2. The Bertz CT molecular complexity index is 664. The second-order valence-electron chi connectivity index (χ2n) is 7.23. The van der Waals surface area contributed by atoms with Gasteiger partial charge in [0, 0.05) is 22.5 Å². The molecule has 0 radical (unpaired) electrons. The van der Waals surface area contributed by atoms with E-state index in [9.17, 15) is 9.59 Å². The Morgan fingerprint density at radius 1 is 1.25 bits per heavy atom. The third kappa shape index (κ3) is 3.05. The number of hydrogen-bond donors (Lipinski definition) is 3. The first-order valence-electron chi connectivity index (χ1n) is 8.73. The maximum Gasteiger partial charge on any atom is 0.234 e. The van der Waals surface area contributed by atoms with Gasteiger partial charge in [0.05, 0.1) is 11.4 Å². The predicted octanol–water partition coefficient (Wildman–Crippen LogP) is 2.82. The van der Waals surface area contributed by atoms with Crippen LogP contribution in [0.15, 0.2) is 23.1 Å². The summed E-state index contributed by atoms with van der Waals surface area (Å²) < 4.78 is 0. The molecule has 0 saturated heterocycles. The first-order chi connectivity index (χ1) is 11.6. The summed E-state index contributed by atoms with van der Waals surface area (Å²) in [4.78, 5) is 25.3. The van der Waals surface area contributed by atoms with Crippen LogP contribution in [0.2, 0.25) is 0 Å². The van der Waals surface area contributed by atoms with Crippen LogP contribution in [-0.2, 0) is 9.59 Å². The Balaban J connectivity index is 1.45. The van der Waals surface area contributed by atoms with Crippen LogP contribution < -0.4 is 16.4 Å². The van der Waals surface area contributed by atoms with Gasteiger partial charge in [0.15, 0.2) is 0 Å². The van der Waals surface area contributed by atoms with Crippen molar-refractivity contribution >= 4 is 35.0 Å². The smallest absolute Gasteiger partial charge is 0.234 e. The second kappa shape index (κ2) is 6.41. The van der Waals surface area contributed by atoms with Gasteiger partial charge in [-0.3, -0.25) is 9.59 Å². The van der Waals surface area contributed by atoms with Crippen molar-refractivity contribution < 1.29 is 9.59 Å². The summed E-state index contributed by atoms with van der Waals surface area (Å²) in [6.07, 6.45) is 5.37. The van der Waals surface area contributed by atoms with Gasteiger partial charge in [-0.25, -0.2) is 0 Å². The molecule has 2 atom stereocenters. The molecule has 4 rings (SSSR count). The monoisotopic (exact) mass is 345 g/mol. The SMILES string of the molecule is NC1C2CCCC1CC(C(=O)Nc1ccc3c(c1)NC(=O)CS3)C2. The van der Waals surface area contributed by atoms with Crippen LogP contribution in [0.4, 0.5) is 11.4 Å². The predicted molar refractivity (Wildman–Crippen MR) is 96.0 cm³/mol. The highest BCUT2D eigenvalue weighted by Crippen LogP contribution is 2.42. The van der Waals surface area contributed by atoms with Crippen molar-refractivity contribution in [1.82, 2.24) is 0 Å². The van der Waals surface area contributed by atoms with Crippen LogP contribution in [0, 0.1) is 17.8 Å². The van der Waals surface area contributed by atoms with Gasteiger partial charge in [-0.1, -0.05) is 6.42 Å². The van der Waals surface area contributed by atoms with Crippen LogP contribution in [-0.4, -0.2) is 23.6 Å². The summed E-state index contributed by atoms with van der Waals surface area (Å²) in [5, 5.41) is 5.90. The van der Waals surface area contributed by atoms with E-state index in [1.54, 1.807) is 0 Å². The van der Waals surface area contributed by atoms with E-state index in [1.807, 2.05) is 18.2 Å². The van der Waals surface area contributed by atoms with E-state index in [-0.39, 0.29) is 23.8 Å². The highest BCUT2D eigenvalue weighted by Gasteiger charge is 2.40. The quantitative estimate of drug-likeness (QED) is 0.769. The number of anilines is 2. The molecule has 2 bridgehead atoms. The summed E-state index contributed by atoms with van der Waals surface area (Å²) in [5.41, 5.74) is 7.85. The summed E-state index contributed by atoms with van der Waals surface area (Å²) in [6.45, 7) is 0. The third-order valence-corrected chi connectivity index (χ3v) is 6.74. The molecule has 1 aliphatic heterocycles. The van der Waals surface area contributed by atoms with E-state index < -0.39 is 0 Å². The molecule has 4 N–H and O–H groups in total. The minimum atomic E-state index is 0.00469. The number of fused-ring (bicyclic) bond motifs is 3. The fourth-order valence-corrected chi connectivity index (χ4v) is 5.20. The lowest BCUT2D eigenvalue weighted by Crippen LogP contribution is -2.48. The van der Waals surface area contributed by atoms with Gasteiger partial charge < -0.3 is 16.4 Å². The molecule has 1 heterocycles. The Morgan fingerprint density at radius 3 is 2.75 bits per heavy atom. The average molecular weight is 345 g/mol. The standard InChI is InChI=1S/C18H23N3O2S/c19-17-10-2-1-3-11(17)7-12(6-10)18(23)20-13-4-5-15-14(8-13)21-16(22)9-24-15/h4-5,8,10-12,17H,1-3,6-7,9,19H2,(H,20,23)(H,21,22). The maximum absolute atomic E-state index is 12.7. The highest BCUT2D eigenvalue weighted by molar-refractivity contribution is 8.00. The number of hydrogen-bond acceptors (Lipinski definition) is 4. The molecule has 2 aliphatic carbocycles. The third-order valence-electron chi connectivity index (χ3n) is 5.66. The van der Waals surface area contributed by atoms with Crippen molar-refractivity contribution in [2.45, 2.75) is 43.0 Å². The van der Waals surface area contributed by atoms with Gasteiger partial charge in [-0.2, -0.15) is 0 Å². The fraction of sp³-hybridized carbons (Fsp3) is 0.556. The summed E-state index contributed by atoms with van der Waals surface area (Å²) >= 11 is 1.53. The first-order valence-corrected chi connectivity index (χ1v) is 9.72. The summed E-state index contributed by atoms with van der Waals surface area (Å²) in [5.74, 6) is 1.59. The first kappa shape index (κ1) is 16.0. The van der Waals surface area contributed by atoms with Crippen molar-refractivity contribution in [3.63, 3.8) is 0 Å². The van der Waals surface area contributed by atoms with Crippen molar-refractivity contribution in [2.75, 3.05) is 16.4 Å². The summed E-state index contributed by atoms with van der Waals surface area (Å²) in [6, 6.07) is 6.00. The van der Waals surface area contributed by atoms with Gasteiger partial charge >= 0.3 is 0 Å². The lowest BCUT2D eigenvalue weighted by Gasteiger charge is -2.43. The molecule has 0 aromatic heterocycles. The molecule has 1 aromatic carbocycles. The van der Waals surface area contributed by atoms with Crippen molar-refractivity contribution in [1.29, 1.82) is 0 Å². The fourth-order valence-electron chi connectivity index (χ4n) is 4.41. The zero-order valence-corrected chi connectivity index (χ0v) is 14.4. The van der Waals surface area contributed by atoms with Crippen LogP contribution >= 0.6 is 11.8 Å². The van der Waals surface area contributed by atoms with E-state index in [0.29, 0.717) is 17.6 Å². The number of thioether (sulfide) groups is 1. The van der Waals surface area contributed by atoms with Crippen molar-refractivity contribution in [2.24, 2.45) is 23.5 Å². The molecule has 6 heteroatoms. The van der Waals surface area contributed by atoms with Gasteiger partial charge in [0.25, 0.3) is 0 Å². The van der Waals surface area contributed by atoms with Crippen LogP contribution in [0.1, 0.15) is 32.1 Å². The van der Waals surface area contributed by atoms with Crippen LogP contribution in [0.5, 0.6) is 0 Å². The van der Waals surface area contributed by atoms with Gasteiger partial charge in [-0.15, -0.1) is 11.8 Å². The van der Waals surface area contributed by atoms with Crippen LogP contribution in [0.25, 0.3) is 0 Å². The van der Waals surface area contributed by atoms with Crippen molar-refractivity contribution in [3.05, 3.63) is 18.2 Å². The zero-order chi connectivity index (χ0) is 16.7. The molecule has 2 unspecified atom stereocenters. The van der Waals surface area contributed by atoms with E-state index in [4.69, 9.17) is 5.73 Å². The van der Waals surface area contributed by atoms with Gasteiger partial charge in [-0.05, 0) is 55.7 Å². The normalized spacial score (nSPS) is 31.8. The molecule has 128 valence electrons. The van der Waals surface area contributed by atoms with Crippen molar-refractivity contribution in [3.8, 4) is 0 Å². The molecule has 24 heavy (non-hydrogen) atoms. The number of carbonyl (C=O) groups is 2. The maximum atomic E-state index is 12.7. The number of benzene rings is 1. The van der Waals surface area contributed by atoms with E-state index in [0.717, 1.165) is 42.0 Å². The molecular weight excluding hydrogens is 322 g/mol. The van der Waals surface area contributed by atoms with Gasteiger partial charge in [0.2, 0.25) is 11.8 Å². The number of amides is 2. The Kier molecular flexibility index (Phi) is 4.26. The van der Waals surface area contributed by atoms with E-state index >= 15 is 0 Å². The number of rotatable bonds is 2. The largest absolute Gasteiger partial charge is 0.327 e. The molecule has 0 spiro atoms. The Hall–Kier alpha value is -1.53. The molecular formula is C18H23N3O2S. The van der Waals surface area contributed by atoms with E-state index in [1.165, 1.54) is 18.2 Å².